The van der Waals surface area contributed by atoms with Gasteiger partial charge in [0.05, 0.1) is 49.4 Å². The zero-order chi connectivity index (χ0) is 83.8. The Morgan fingerprint density at radius 3 is 0.880 bits per heavy atom. The number of rotatable bonds is 26. The molecule has 4 amide bonds. The van der Waals surface area contributed by atoms with Crippen LogP contribution in [0.2, 0.25) is 0 Å². The highest BCUT2D eigenvalue weighted by Gasteiger charge is 2.33. The minimum Gasteiger partial charge on any atom is -0.465 e. The lowest BCUT2D eigenvalue weighted by molar-refractivity contribution is -0.147. The number of hydrogen-bond acceptors (Lipinski definition) is 16. The highest BCUT2D eigenvalue weighted by atomic mass is 79.9. The van der Waals surface area contributed by atoms with E-state index in [-0.39, 0.29) is 59.8 Å². The van der Waals surface area contributed by atoms with Crippen molar-refractivity contribution in [2.24, 2.45) is 5.73 Å². The van der Waals surface area contributed by atoms with E-state index >= 15 is 0 Å². The van der Waals surface area contributed by atoms with Crippen molar-refractivity contribution in [1.82, 2.24) is 16.0 Å². The van der Waals surface area contributed by atoms with Crippen molar-refractivity contribution >= 4 is 138 Å². The number of esters is 4. The van der Waals surface area contributed by atoms with E-state index in [4.69, 9.17) is 24.7 Å². The van der Waals surface area contributed by atoms with Gasteiger partial charge in [0.25, 0.3) is 0 Å². The second-order valence-corrected chi connectivity index (χ2v) is 28.6. The summed E-state index contributed by atoms with van der Waals surface area (Å²) in [6.07, 6.45) is 10.8. The van der Waals surface area contributed by atoms with Crippen molar-refractivity contribution < 1.29 is 57.3 Å². The average molecular weight is 1640 g/mol. The van der Waals surface area contributed by atoms with Crippen LogP contribution in [0.4, 0.5) is 22.7 Å². The maximum atomic E-state index is 12.6. The Bertz CT molecular complexity index is 3950. The van der Waals surface area contributed by atoms with E-state index in [0.717, 1.165) is 121 Å². The molecular weight excluding hydrogens is 1530 g/mol. The number of fused-ring (bicyclic) bond motifs is 4. The van der Waals surface area contributed by atoms with Gasteiger partial charge in [-0.2, -0.15) is 0 Å². The van der Waals surface area contributed by atoms with E-state index < -0.39 is 48.7 Å². The lowest BCUT2D eigenvalue weighted by atomic mass is 9.08. The Balaban J connectivity index is 0.000000261. The molecule has 28 heteroatoms. The van der Waals surface area contributed by atoms with Crippen molar-refractivity contribution in [1.29, 1.82) is 0 Å². The topological polar surface area (TPSA) is 284 Å². The standard InChI is InChI=1S/3C22H26N2O3.C12H17NO2.C10H10BrNO.CH4.B4.B3/c3*1-2-27-22(26)20(14-12-16-8-4-3-5-9-16)23-19-15-13-17-10-6-7-11-18(17)24-21(19)25;1-2-15-12(14)11(13)9-8-10-6-4-3-5-7-10;11-8-6-5-7-3-1-2-4-9(7)12-10(8)13;;1-4(2)3;1-3-2/h3*3-11,19-20,23H,2,12-15H2,1H3,(H,24,25);3-7,11H,2,8-9,13H2,1H3;1-4,8H,5-6H2,(H,12,13);1H4;;/t2*19?,20-;19-,20-;11-;;;;/m0000..../s1. The van der Waals surface area contributed by atoms with Gasteiger partial charge < -0.3 is 45.9 Å². The van der Waals surface area contributed by atoms with Crippen LogP contribution in [0.1, 0.15) is 131 Å². The van der Waals surface area contributed by atoms with E-state index in [9.17, 15) is 38.4 Å². The Morgan fingerprint density at radius 1 is 0.393 bits per heavy atom. The number of nitrogens with one attached hydrogen (secondary N) is 7. The van der Waals surface area contributed by atoms with Gasteiger partial charge in [0, 0.05) is 74.9 Å². The van der Waals surface area contributed by atoms with Gasteiger partial charge in [-0.1, -0.05) is 217 Å². The zero-order valence-electron chi connectivity index (χ0n) is 66.9. The summed E-state index contributed by atoms with van der Waals surface area (Å²) < 4.78 is 20.5. The number of carbonyl (C=O) groups excluding carboxylic acids is 8. The molecule has 8 atom stereocenters. The molecule has 4 heterocycles. The maximum absolute atomic E-state index is 12.6. The molecule has 8 aromatic carbocycles. The number of ether oxygens (including phenoxy) is 4. The molecule has 605 valence electrons. The number of aryl methyl sites for hydroxylation is 8. The minimum atomic E-state index is -0.667. The third kappa shape index (κ3) is 36.4. The predicted molar refractivity (Wildman–Crippen MR) is 479 cm³/mol. The average Bonchev–Trinajstić information content (AvgIpc) is 1.73. The van der Waals surface area contributed by atoms with E-state index in [1.165, 1.54) is 11.1 Å². The fourth-order valence-corrected chi connectivity index (χ4v) is 13.3. The number of carbonyl (C=O) groups is 8. The zero-order valence-corrected chi connectivity index (χ0v) is 68.5. The van der Waals surface area contributed by atoms with E-state index in [0.29, 0.717) is 71.4 Å². The van der Waals surface area contributed by atoms with Crippen LogP contribution < -0.4 is 43.0 Å². The van der Waals surface area contributed by atoms with E-state index in [1.807, 2.05) is 212 Å². The lowest BCUT2D eigenvalue weighted by Gasteiger charge is -2.23. The van der Waals surface area contributed by atoms with Gasteiger partial charge in [-0.15, -0.1) is 0 Å². The molecule has 4 aliphatic rings. The highest BCUT2D eigenvalue weighted by Crippen LogP contribution is 2.27. The molecule has 0 saturated heterocycles. The van der Waals surface area contributed by atoms with Crippen LogP contribution >= 0.6 is 15.9 Å². The molecule has 0 spiro atoms. The summed E-state index contributed by atoms with van der Waals surface area (Å²) >= 11 is 3.35. The first-order valence-corrected chi connectivity index (χ1v) is 40.7. The number of benzene rings is 8. The predicted octanol–water partition coefficient (Wildman–Crippen LogP) is 11.1. The second-order valence-electron chi connectivity index (χ2n) is 27.5. The van der Waals surface area contributed by atoms with Crippen LogP contribution in [0, 0.1) is 0 Å². The van der Waals surface area contributed by atoms with Crippen LogP contribution in [-0.2, 0) is 109 Å². The highest BCUT2D eigenvalue weighted by molar-refractivity contribution is 9.10. The summed E-state index contributed by atoms with van der Waals surface area (Å²) in [6.45, 7) is 8.52. The van der Waals surface area contributed by atoms with Gasteiger partial charge in [0.2, 0.25) is 23.6 Å². The first kappa shape index (κ1) is 97.9. The normalized spacial score (nSPS) is 16.3. The van der Waals surface area contributed by atoms with Crippen LogP contribution in [0.25, 0.3) is 0 Å². The fraction of sp³-hybridized carbons (Fsp3) is 0.371. The summed E-state index contributed by atoms with van der Waals surface area (Å²) in [5.74, 6) is -1.47. The van der Waals surface area contributed by atoms with Crippen molar-refractivity contribution in [3.05, 3.63) is 263 Å². The fourth-order valence-electron chi connectivity index (χ4n) is 13.0. The number of anilines is 4. The van der Waals surface area contributed by atoms with Gasteiger partial charge >= 0.3 is 23.9 Å². The SMILES string of the molecule is C.CCOC(=O)[C@@H](N)CCc1ccccc1.CCOC(=O)[C@H](CCc1ccccc1)NC1CCc2ccccc2NC1=O.CCOC(=O)[C@H](CCc1ccccc1)NC1CCc2ccccc2NC1=O.CCOC(=O)[C@H](CCc1ccccc1)N[C@H]1CCc2ccccc2NC1=O.O=C1Nc2ccccc2CCC1Br.[B]B([B])[B].[B][B][B]. The molecule has 20 nitrogen and oxygen atoms in total. The third-order valence-electron chi connectivity index (χ3n) is 18.9. The summed E-state index contributed by atoms with van der Waals surface area (Å²) in [6, 6.07) is 68.1. The molecule has 0 saturated carbocycles. The molecule has 12 rings (SSSR count). The Morgan fingerprint density at radius 2 is 0.615 bits per heavy atom. The first-order chi connectivity index (χ1) is 56.2. The number of nitrogens with two attached hydrogens (primary N) is 1. The molecule has 0 aromatic heterocycles. The molecule has 3 unspecified atom stereocenters. The Labute approximate surface area is 708 Å². The van der Waals surface area contributed by atoms with Crippen LogP contribution in [0.15, 0.2) is 218 Å². The van der Waals surface area contributed by atoms with Crippen LogP contribution in [0.3, 0.4) is 0 Å². The van der Waals surface area contributed by atoms with Gasteiger partial charge in [0.15, 0.2) is 0 Å². The van der Waals surface area contributed by atoms with Crippen LogP contribution in [-0.4, -0.2) is 173 Å². The molecule has 11 radical (unpaired) electrons. The van der Waals surface area contributed by atoms with Crippen molar-refractivity contribution in [2.75, 3.05) is 47.7 Å². The summed E-state index contributed by atoms with van der Waals surface area (Å²) in [7, 11) is 24.0. The molecular formula is C89H109B7BrN8O12. The number of alkyl halides is 1. The molecule has 4 aliphatic heterocycles. The summed E-state index contributed by atoms with van der Waals surface area (Å²) in [5.41, 5.74) is 18.4. The molecule has 0 fully saturated rings. The van der Waals surface area contributed by atoms with Crippen molar-refractivity contribution in [2.45, 2.75) is 185 Å². The molecule has 117 heavy (non-hydrogen) atoms. The second kappa shape index (κ2) is 55.8. The largest absolute Gasteiger partial charge is 0.465 e. The monoisotopic (exact) mass is 1640 g/mol. The van der Waals surface area contributed by atoms with Gasteiger partial charge in [-0.05, 0) is 199 Å². The number of para-hydroxylation sites is 4. The van der Waals surface area contributed by atoms with Gasteiger partial charge in [0.1, 0.15) is 24.2 Å². The van der Waals surface area contributed by atoms with Gasteiger partial charge in [-0.3, -0.25) is 54.3 Å². The van der Waals surface area contributed by atoms with Crippen molar-refractivity contribution in [3.63, 3.8) is 0 Å². The number of amides is 4. The maximum Gasteiger partial charge on any atom is 0.323 e. The van der Waals surface area contributed by atoms with Gasteiger partial charge in [-0.25, -0.2) is 0 Å². The third-order valence-corrected chi connectivity index (χ3v) is 19.8. The molecule has 9 N–H and O–H groups in total. The molecule has 0 bridgehead atoms. The smallest absolute Gasteiger partial charge is 0.323 e. The molecule has 0 aliphatic carbocycles. The van der Waals surface area contributed by atoms with E-state index in [2.05, 4.69) is 97.9 Å². The Hall–Kier alpha value is -9.71. The van der Waals surface area contributed by atoms with Crippen molar-refractivity contribution in [3.8, 4) is 0 Å². The number of halogens is 1. The Kier molecular flexibility index (Phi) is 46.7. The minimum absolute atomic E-state index is 0. The summed E-state index contributed by atoms with van der Waals surface area (Å²) in [5, 5.41) is 21.5. The first-order valence-electron chi connectivity index (χ1n) is 39.7. The number of hydrogen-bond donors (Lipinski definition) is 8. The quantitative estimate of drug-likeness (QED) is 0.0108. The van der Waals surface area contributed by atoms with Crippen LogP contribution in [0.5, 0.6) is 0 Å². The summed E-state index contributed by atoms with van der Waals surface area (Å²) in [4.78, 5) is 97.8. The lowest BCUT2D eigenvalue weighted by Crippen LogP contribution is -2.49. The van der Waals surface area contributed by atoms with E-state index in [1.54, 1.807) is 27.7 Å². The molecule has 8 aromatic rings.